The summed E-state index contributed by atoms with van der Waals surface area (Å²) in [6.07, 6.45) is 4.40. The molecule has 5 heteroatoms. The number of nitrogens with zero attached hydrogens (tertiary/aromatic N) is 3. The number of fused-ring (bicyclic) bond motifs is 2. The molecular formula is C24H27N3O2. The first kappa shape index (κ1) is 18.6. The van der Waals surface area contributed by atoms with E-state index in [1.54, 1.807) is 7.11 Å². The second-order valence-electron chi connectivity index (χ2n) is 8.00. The van der Waals surface area contributed by atoms with Crippen LogP contribution in [0.15, 0.2) is 66.9 Å². The van der Waals surface area contributed by atoms with E-state index in [4.69, 9.17) is 14.6 Å². The van der Waals surface area contributed by atoms with E-state index in [2.05, 4.69) is 52.0 Å². The molecule has 1 atom stereocenters. The standard InChI is InChI=1S/C24H27N3O2/c1-28-23-16-22-21(17-25-27(22)20-10-6-3-7-11-20)24(29-23)12-14-26(15-13-24)18-19-8-4-2-5-9-19/h2-11,17,23H,12-16,18H2,1H3. The minimum Gasteiger partial charge on any atom is -0.355 e. The molecule has 5 rings (SSSR count). The van der Waals surface area contributed by atoms with Gasteiger partial charge in [-0.25, -0.2) is 4.68 Å². The number of piperidine rings is 1. The SMILES string of the molecule is COC1Cc2c(cnn2-c2ccccc2)C2(CCN(Cc3ccccc3)CC2)O1. The van der Waals surface area contributed by atoms with Crippen LogP contribution in [0.25, 0.3) is 5.69 Å². The lowest BCUT2D eigenvalue weighted by atomic mass is 9.81. The average molecular weight is 389 g/mol. The fraction of sp³-hybridized carbons (Fsp3) is 0.375. The molecule has 5 nitrogen and oxygen atoms in total. The lowest BCUT2D eigenvalue weighted by molar-refractivity contribution is -0.227. The van der Waals surface area contributed by atoms with E-state index in [-0.39, 0.29) is 11.9 Å². The van der Waals surface area contributed by atoms with Crippen LogP contribution in [0, 0.1) is 0 Å². The maximum atomic E-state index is 6.54. The van der Waals surface area contributed by atoms with Gasteiger partial charge in [0, 0.05) is 38.7 Å². The molecule has 0 amide bonds. The monoisotopic (exact) mass is 389 g/mol. The van der Waals surface area contributed by atoms with E-state index in [1.807, 2.05) is 24.4 Å². The first-order valence-electron chi connectivity index (χ1n) is 10.4. The molecule has 3 heterocycles. The zero-order chi connectivity index (χ0) is 19.7. The van der Waals surface area contributed by atoms with Crippen LogP contribution in [0.1, 0.15) is 29.7 Å². The predicted octanol–water partition coefficient (Wildman–Crippen LogP) is 3.91. The number of rotatable bonds is 4. The van der Waals surface area contributed by atoms with Crippen LogP contribution in [0.3, 0.4) is 0 Å². The predicted molar refractivity (Wildman–Crippen MR) is 112 cm³/mol. The zero-order valence-corrected chi connectivity index (χ0v) is 16.8. The third-order valence-electron chi connectivity index (χ3n) is 6.25. The number of methoxy groups -OCH3 is 1. The van der Waals surface area contributed by atoms with E-state index in [0.29, 0.717) is 0 Å². The molecule has 0 aliphatic carbocycles. The highest BCUT2D eigenvalue weighted by molar-refractivity contribution is 5.38. The van der Waals surface area contributed by atoms with Gasteiger partial charge in [0.2, 0.25) is 0 Å². The Bertz CT molecular complexity index is 947. The Morgan fingerprint density at radius 3 is 2.41 bits per heavy atom. The number of likely N-dealkylation sites (tertiary alicyclic amines) is 1. The number of benzene rings is 2. The molecule has 1 aromatic heterocycles. The topological polar surface area (TPSA) is 39.5 Å². The summed E-state index contributed by atoms with van der Waals surface area (Å²) in [5, 5.41) is 4.74. The molecule has 0 saturated carbocycles. The van der Waals surface area contributed by atoms with Crippen molar-refractivity contribution in [3.05, 3.63) is 83.7 Å². The highest BCUT2D eigenvalue weighted by atomic mass is 16.7. The molecule has 150 valence electrons. The minimum atomic E-state index is -0.311. The van der Waals surface area contributed by atoms with E-state index in [9.17, 15) is 0 Å². The van der Waals surface area contributed by atoms with Gasteiger partial charge in [-0.3, -0.25) is 4.90 Å². The molecule has 1 saturated heterocycles. The van der Waals surface area contributed by atoms with E-state index in [1.165, 1.54) is 16.8 Å². The zero-order valence-electron chi connectivity index (χ0n) is 16.8. The van der Waals surface area contributed by atoms with Gasteiger partial charge in [-0.2, -0.15) is 5.10 Å². The summed E-state index contributed by atoms with van der Waals surface area (Å²) in [6.45, 7) is 2.99. The van der Waals surface area contributed by atoms with Gasteiger partial charge in [0.05, 0.1) is 17.6 Å². The van der Waals surface area contributed by atoms with Crippen molar-refractivity contribution in [1.82, 2.24) is 14.7 Å². The van der Waals surface area contributed by atoms with Crippen molar-refractivity contribution in [2.75, 3.05) is 20.2 Å². The van der Waals surface area contributed by atoms with Crippen molar-refractivity contribution in [2.24, 2.45) is 0 Å². The highest BCUT2D eigenvalue weighted by Crippen LogP contribution is 2.44. The summed E-state index contributed by atoms with van der Waals surface area (Å²) in [4.78, 5) is 2.52. The van der Waals surface area contributed by atoms with Crippen LogP contribution < -0.4 is 0 Å². The maximum absolute atomic E-state index is 6.54. The van der Waals surface area contributed by atoms with E-state index >= 15 is 0 Å². The fourth-order valence-electron chi connectivity index (χ4n) is 4.69. The van der Waals surface area contributed by atoms with Crippen LogP contribution >= 0.6 is 0 Å². The van der Waals surface area contributed by atoms with Gasteiger partial charge in [-0.15, -0.1) is 0 Å². The smallest absolute Gasteiger partial charge is 0.163 e. The van der Waals surface area contributed by atoms with Crippen molar-refractivity contribution < 1.29 is 9.47 Å². The lowest BCUT2D eigenvalue weighted by Gasteiger charge is -2.45. The molecular weight excluding hydrogens is 362 g/mol. The fourth-order valence-corrected chi connectivity index (χ4v) is 4.69. The van der Waals surface area contributed by atoms with Crippen LogP contribution in [0.5, 0.6) is 0 Å². The molecule has 2 aromatic carbocycles. The Hall–Kier alpha value is -2.47. The maximum Gasteiger partial charge on any atom is 0.163 e. The summed E-state index contributed by atoms with van der Waals surface area (Å²) in [7, 11) is 1.73. The largest absolute Gasteiger partial charge is 0.355 e. The number of hydrogen-bond acceptors (Lipinski definition) is 4. The van der Waals surface area contributed by atoms with E-state index in [0.717, 1.165) is 44.6 Å². The number of hydrogen-bond donors (Lipinski definition) is 0. The van der Waals surface area contributed by atoms with Gasteiger partial charge in [-0.05, 0) is 30.5 Å². The van der Waals surface area contributed by atoms with Gasteiger partial charge in [-0.1, -0.05) is 48.5 Å². The van der Waals surface area contributed by atoms with Crippen molar-refractivity contribution in [1.29, 1.82) is 0 Å². The second kappa shape index (κ2) is 7.75. The van der Waals surface area contributed by atoms with Gasteiger partial charge in [0.15, 0.2) is 6.29 Å². The Morgan fingerprint density at radius 2 is 1.72 bits per heavy atom. The Labute approximate surface area is 171 Å². The third kappa shape index (κ3) is 3.50. The minimum absolute atomic E-state index is 0.234. The summed E-state index contributed by atoms with van der Waals surface area (Å²) in [5.74, 6) is 0. The summed E-state index contributed by atoms with van der Waals surface area (Å²) >= 11 is 0. The third-order valence-corrected chi connectivity index (χ3v) is 6.25. The van der Waals surface area contributed by atoms with Gasteiger partial charge >= 0.3 is 0 Å². The molecule has 1 fully saturated rings. The Kier molecular flexibility index (Phi) is 4.96. The average Bonchev–Trinajstić information content (AvgIpc) is 3.22. The first-order valence-corrected chi connectivity index (χ1v) is 10.4. The molecule has 0 N–H and O–H groups in total. The van der Waals surface area contributed by atoms with Crippen LogP contribution in [0.4, 0.5) is 0 Å². The Morgan fingerprint density at radius 1 is 1.03 bits per heavy atom. The van der Waals surface area contributed by atoms with Crippen molar-refractivity contribution in [2.45, 2.75) is 37.7 Å². The van der Waals surface area contributed by atoms with Gasteiger partial charge in [0.1, 0.15) is 5.60 Å². The number of ether oxygens (including phenoxy) is 2. The van der Waals surface area contributed by atoms with Crippen LogP contribution in [0.2, 0.25) is 0 Å². The normalized spacial score (nSPS) is 21.2. The number of aromatic nitrogens is 2. The first-order chi connectivity index (χ1) is 14.3. The summed E-state index contributed by atoms with van der Waals surface area (Å²) < 4.78 is 14.3. The van der Waals surface area contributed by atoms with Crippen molar-refractivity contribution >= 4 is 0 Å². The molecule has 3 aromatic rings. The van der Waals surface area contributed by atoms with Crippen LogP contribution in [-0.2, 0) is 28.0 Å². The van der Waals surface area contributed by atoms with Gasteiger partial charge in [0.25, 0.3) is 0 Å². The molecule has 29 heavy (non-hydrogen) atoms. The van der Waals surface area contributed by atoms with E-state index < -0.39 is 0 Å². The molecule has 1 spiro atoms. The Balaban J connectivity index is 1.41. The van der Waals surface area contributed by atoms with Crippen molar-refractivity contribution in [3.63, 3.8) is 0 Å². The molecule has 1 unspecified atom stereocenters. The summed E-state index contributed by atoms with van der Waals surface area (Å²) in [6, 6.07) is 21.0. The van der Waals surface area contributed by atoms with Crippen LogP contribution in [-0.4, -0.2) is 41.2 Å². The lowest BCUT2D eigenvalue weighted by Crippen LogP contribution is -2.49. The highest BCUT2D eigenvalue weighted by Gasteiger charge is 2.45. The van der Waals surface area contributed by atoms with Gasteiger partial charge < -0.3 is 9.47 Å². The summed E-state index contributed by atoms with van der Waals surface area (Å²) in [5.41, 5.74) is 4.58. The molecule has 0 bridgehead atoms. The quantitative estimate of drug-likeness (QED) is 0.678. The second-order valence-corrected chi connectivity index (χ2v) is 8.00. The number of para-hydroxylation sites is 1. The molecule has 2 aliphatic heterocycles. The molecule has 0 radical (unpaired) electrons. The van der Waals surface area contributed by atoms with Crippen molar-refractivity contribution in [3.8, 4) is 5.69 Å². The molecule has 2 aliphatic rings.